The van der Waals surface area contributed by atoms with Crippen molar-refractivity contribution in [2.24, 2.45) is 4.99 Å². The summed E-state index contributed by atoms with van der Waals surface area (Å²) in [6, 6.07) is 17.6. The second-order valence-electron chi connectivity index (χ2n) is 9.00. The summed E-state index contributed by atoms with van der Waals surface area (Å²) in [5, 5.41) is 2.61. The van der Waals surface area contributed by atoms with Crippen LogP contribution in [0.25, 0.3) is 0 Å². The van der Waals surface area contributed by atoms with Crippen LogP contribution in [-0.4, -0.2) is 47.3 Å². The van der Waals surface area contributed by atoms with Crippen LogP contribution in [0.1, 0.15) is 23.6 Å². The van der Waals surface area contributed by atoms with E-state index >= 15 is 0 Å². The van der Waals surface area contributed by atoms with Crippen LogP contribution in [0.15, 0.2) is 71.7 Å². The van der Waals surface area contributed by atoms with E-state index < -0.39 is 17.8 Å². The zero-order chi connectivity index (χ0) is 25.4. The van der Waals surface area contributed by atoms with Crippen molar-refractivity contribution in [3.8, 4) is 11.5 Å². The summed E-state index contributed by atoms with van der Waals surface area (Å²) in [5.41, 5.74) is 1.97. The van der Waals surface area contributed by atoms with Crippen LogP contribution in [-0.2, 0) is 6.18 Å². The van der Waals surface area contributed by atoms with E-state index in [0.29, 0.717) is 31.1 Å². The number of nitrogens with one attached hydrogen (secondary N) is 1. The molecule has 186 valence electrons. The molecule has 3 aromatic rings. The van der Waals surface area contributed by atoms with Crippen molar-refractivity contribution in [1.82, 2.24) is 9.80 Å². The predicted molar refractivity (Wildman–Crippen MR) is 132 cm³/mol. The maximum absolute atomic E-state index is 13.0. The minimum Gasteiger partial charge on any atom is -0.454 e. The maximum atomic E-state index is 13.0. The summed E-state index contributed by atoms with van der Waals surface area (Å²) < 4.78 is 45.3. The smallest absolute Gasteiger partial charge is 0.416 e. The van der Waals surface area contributed by atoms with Crippen molar-refractivity contribution in [2.45, 2.75) is 26.1 Å². The molecule has 5 rings (SSSR count). The minimum absolute atomic E-state index is 0.107. The number of para-hydroxylation sites is 2. The number of carbonyl (C=O) groups is 1. The molecule has 0 saturated carbocycles. The normalized spacial score (nSPS) is 17.4. The Morgan fingerprint density at radius 1 is 1.03 bits per heavy atom. The Bertz CT molecular complexity index is 1340. The molecule has 6 nitrogen and oxygen atoms in total. The van der Waals surface area contributed by atoms with Crippen LogP contribution >= 0.6 is 0 Å². The number of halogens is 3. The molecule has 1 fully saturated rings. The Labute approximate surface area is 207 Å². The van der Waals surface area contributed by atoms with E-state index in [1.54, 1.807) is 4.90 Å². The topological polar surface area (TPSA) is 57.2 Å². The lowest BCUT2D eigenvalue weighted by Crippen LogP contribution is -2.56. The average Bonchev–Trinajstić information content (AvgIpc) is 3.00. The first-order chi connectivity index (χ1) is 17.2. The van der Waals surface area contributed by atoms with E-state index in [1.165, 1.54) is 12.1 Å². The van der Waals surface area contributed by atoms with Crippen molar-refractivity contribution in [2.75, 3.05) is 25.0 Å². The number of amides is 2. The van der Waals surface area contributed by atoms with Gasteiger partial charge in [-0.15, -0.1) is 0 Å². The second kappa shape index (κ2) is 9.22. The van der Waals surface area contributed by atoms with E-state index in [0.717, 1.165) is 34.8 Å². The fourth-order valence-electron chi connectivity index (χ4n) is 4.50. The van der Waals surface area contributed by atoms with Gasteiger partial charge in [-0.25, -0.2) is 9.79 Å². The number of benzene rings is 3. The van der Waals surface area contributed by atoms with Gasteiger partial charge in [0.1, 0.15) is 17.3 Å². The molecule has 9 heteroatoms. The number of hydrogen-bond donors (Lipinski definition) is 1. The number of carbonyl (C=O) groups excluding carboxylic acids is 1. The number of fused-ring (bicyclic) bond motifs is 2. The van der Waals surface area contributed by atoms with Crippen molar-refractivity contribution in [3.05, 3.63) is 83.4 Å². The van der Waals surface area contributed by atoms with Gasteiger partial charge in [-0.1, -0.05) is 29.8 Å². The van der Waals surface area contributed by atoms with Gasteiger partial charge in [0.05, 0.1) is 11.1 Å². The van der Waals surface area contributed by atoms with Gasteiger partial charge in [-0.3, -0.25) is 0 Å². The van der Waals surface area contributed by atoms with Crippen molar-refractivity contribution in [1.29, 1.82) is 0 Å². The van der Waals surface area contributed by atoms with Gasteiger partial charge in [0.15, 0.2) is 5.75 Å². The van der Waals surface area contributed by atoms with Crippen LogP contribution in [0.3, 0.4) is 0 Å². The number of rotatable bonds is 1. The lowest BCUT2D eigenvalue weighted by atomic mass is 10.1. The van der Waals surface area contributed by atoms with E-state index in [9.17, 15) is 18.0 Å². The molecule has 1 atom stereocenters. The number of aryl methyl sites for hydroxylation is 1. The highest BCUT2D eigenvalue weighted by molar-refractivity contribution is 6.04. The molecule has 0 bridgehead atoms. The molecule has 0 aromatic heterocycles. The molecule has 3 aromatic carbocycles. The third-order valence-corrected chi connectivity index (χ3v) is 6.32. The van der Waals surface area contributed by atoms with Gasteiger partial charge in [-0.05, 0) is 56.3 Å². The lowest BCUT2D eigenvalue weighted by molar-refractivity contribution is -0.137. The summed E-state index contributed by atoms with van der Waals surface area (Å²) in [6.45, 7) is 5.32. The molecule has 2 heterocycles. The SMILES string of the molecule is Cc1ccc2c(c1)C(N1CCN(C(=O)Nc3cccc(C(F)(F)F)c3)[C@@H](C)C1)=Nc1ccccc1O2. The Balaban J connectivity index is 1.36. The molecule has 0 unspecified atom stereocenters. The Kier molecular flexibility index (Phi) is 6.07. The van der Waals surface area contributed by atoms with E-state index in [2.05, 4.69) is 10.2 Å². The van der Waals surface area contributed by atoms with Gasteiger partial charge >= 0.3 is 12.2 Å². The van der Waals surface area contributed by atoms with Crippen LogP contribution < -0.4 is 10.1 Å². The number of nitrogens with zero attached hydrogens (tertiary/aromatic N) is 3. The molecule has 0 aliphatic carbocycles. The van der Waals surface area contributed by atoms with E-state index in [4.69, 9.17) is 9.73 Å². The Hall–Kier alpha value is -4.01. The molecule has 2 amide bonds. The Morgan fingerprint density at radius 3 is 2.61 bits per heavy atom. The van der Waals surface area contributed by atoms with E-state index in [-0.39, 0.29) is 11.7 Å². The molecule has 2 aliphatic rings. The van der Waals surface area contributed by atoms with Crippen LogP contribution in [0.5, 0.6) is 11.5 Å². The number of aliphatic imine (C=N–C) groups is 1. The average molecular weight is 495 g/mol. The van der Waals surface area contributed by atoms with Crippen LogP contribution in [0, 0.1) is 6.92 Å². The van der Waals surface area contributed by atoms with Gasteiger partial charge < -0.3 is 19.9 Å². The molecule has 2 aliphatic heterocycles. The van der Waals surface area contributed by atoms with Gasteiger partial charge in [0.25, 0.3) is 0 Å². The summed E-state index contributed by atoms with van der Waals surface area (Å²) in [7, 11) is 0. The Morgan fingerprint density at radius 2 is 1.83 bits per heavy atom. The first-order valence-corrected chi connectivity index (χ1v) is 11.7. The summed E-state index contributed by atoms with van der Waals surface area (Å²) >= 11 is 0. The zero-order valence-corrected chi connectivity index (χ0v) is 19.8. The summed E-state index contributed by atoms with van der Waals surface area (Å²) in [4.78, 5) is 21.7. The summed E-state index contributed by atoms with van der Waals surface area (Å²) in [5.74, 6) is 2.15. The second-order valence-corrected chi connectivity index (χ2v) is 9.00. The van der Waals surface area contributed by atoms with Gasteiger partial charge in [0, 0.05) is 31.4 Å². The number of hydrogen-bond acceptors (Lipinski definition) is 4. The van der Waals surface area contributed by atoms with Gasteiger partial charge in [-0.2, -0.15) is 13.2 Å². The third kappa shape index (κ3) is 4.73. The van der Waals surface area contributed by atoms with Crippen molar-refractivity contribution >= 4 is 23.2 Å². The quantitative estimate of drug-likeness (QED) is 0.424. The number of ether oxygens (including phenoxy) is 1. The molecule has 1 saturated heterocycles. The standard InChI is InChI=1S/C27H25F3N4O2/c1-17-10-11-23-21(14-17)25(32-22-8-3-4-9-24(22)36-23)33-12-13-34(18(2)16-33)26(35)31-20-7-5-6-19(15-20)27(28,29)30/h3-11,14-15,18H,12-13,16H2,1-2H3,(H,31,35)/t18-/m0/s1. The first-order valence-electron chi connectivity index (χ1n) is 11.7. The van der Waals surface area contributed by atoms with Gasteiger partial charge in [0.2, 0.25) is 0 Å². The minimum atomic E-state index is -4.48. The first kappa shape index (κ1) is 23.7. The highest BCUT2D eigenvalue weighted by Crippen LogP contribution is 2.38. The number of urea groups is 1. The van der Waals surface area contributed by atoms with E-state index in [1.807, 2.05) is 56.3 Å². The molecule has 0 radical (unpaired) electrons. The largest absolute Gasteiger partial charge is 0.454 e. The molecule has 1 N–H and O–H groups in total. The highest BCUT2D eigenvalue weighted by Gasteiger charge is 2.33. The molecular weight excluding hydrogens is 469 g/mol. The third-order valence-electron chi connectivity index (χ3n) is 6.32. The van der Waals surface area contributed by atoms with Crippen molar-refractivity contribution in [3.63, 3.8) is 0 Å². The predicted octanol–water partition coefficient (Wildman–Crippen LogP) is 6.44. The zero-order valence-electron chi connectivity index (χ0n) is 19.8. The summed E-state index contributed by atoms with van der Waals surface area (Å²) in [6.07, 6.45) is -4.48. The molecule has 0 spiro atoms. The fraction of sp³-hybridized carbons (Fsp3) is 0.259. The molecule has 36 heavy (non-hydrogen) atoms. The van der Waals surface area contributed by atoms with Crippen molar-refractivity contribution < 1.29 is 22.7 Å². The highest BCUT2D eigenvalue weighted by atomic mass is 19.4. The number of anilines is 1. The van der Waals surface area contributed by atoms with Crippen LogP contribution in [0.2, 0.25) is 0 Å². The molecular formula is C27H25F3N4O2. The maximum Gasteiger partial charge on any atom is 0.416 e. The van der Waals surface area contributed by atoms with Crippen LogP contribution in [0.4, 0.5) is 29.3 Å². The number of amidine groups is 1. The fourth-order valence-corrected chi connectivity index (χ4v) is 4.50. The number of piperazine rings is 1. The number of alkyl halides is 3. The monoisotopic (exact) mass is 494 g/mol. The lowest BCUT2D eigenvalue weighted by Gasteiger charge is -2.41.